The van der Waals surface area contributed by atoms with Gasteiger partial charge in [0.05, 0.1) is 27.6 Å². The van der Waals surface area contributed by atoms with E-state index >= 15 is 0 Å². The molecule has 3 aromatic heterocycles. The standard InChI is InChI=1S/C19H18N6OS/c26-27(16-6-1-2-7-16)17-9-14-10-23-25(19(14)20-11-17)15-5-3-4-13(8-15)18-21-12-22-24-18/h3-5,8-12,16H,1-2,6-7H2,(H,21,22,24). The molecule has 1 unspecified atom stereocenters. The largest absolute Gasteiger partial charge is 0.259 e. The molecule has 1 N–H and O–H groups in total. The van der Waals surface area contributed by atoms with Gasteiger partial charge in [-0.2, -0.15) is 10.2 Å². The molecule has 5 rings (SSSR count). The Bertz CT molecular complexity index is 1110. The SMILES string of the molecule is O=S(c1cnc2c(cnn2-c2cccc(-c3ncn[nH]3)c2)c1)C1CCCC1. The van der Waals surface area contributed by atoms with Gasteiger partial charge in [-0.15, -0.1) is 0 Å². The lowest BCUT2D eigenvalue weighted by Gasteiger charge is -2.09. The van der Waals surface area contributed by atoms with Crippen LogP contribution in [0.4, 0.5) is 0 Å². The summed E-state index contributed by atoms with van der Waals surface area (Å²) in [6.07, 6.45) is 9.42. The van der Waals surface area contributed by atoms with Gasteiger partial charge in [0.15, 0.2) is 11.5 Å². The summed E-state index contributed by atoms with van der Waals surface area (Å²) in [5.74, 6) is 0.704. The number of nitrogens with one attached hydrogen (secondary N) is 1. The van der Waals surface area contributed by atoms with Gasteiger partial charge in [0.1, 0.15) is 6.33 Å². The number of fused-ring (bicyclic) bond motifs is 1. The fourth-order valence-corrected chi connectivity index (χ4v) is 5.17. The Morgan fingerprint density at radius 3 is 2.81 bits per heavy atom. The van der Waals surface area contributed by atoms with Gasteiger partial charge in [-0.1, -0.05) is 25.0 Å². The van der Waals surface area contributed by atoms with E-state index in [4.69, 9.17) is 0 Å². The van der Waals surface area contributed by atoms with Crippen LogP contribution in [0.3, 0.4) is 0 Å². The maximum absolute atomic E-state index is 12.8. The van der Waals surface area contributed by atoms with Crippen LogP contribution in [0, 0.1) is 0 Å². The minimum atomic E-state index is -0.993. The fraction of sp³-hybridized carbons (Fsp3) is 0.263. The fourth-order valence-electron chi connectivity index (χ4n) is 3.62. The van der Waals surface area contributed by atoms with Gasteiger partial charge >= 0.3 is 0 Å². The second-order valence-corrected chi connectivity index (χ2v) is 8.46. The molecule has 27 heavy (non-hydrogen) atoms. The molecule has 1 aromatic carbocycles. The number of benzene rings is 1. The zero-order chi connectivity index (χ0) is 18.2. The summed E-state index contributed by atoms with van der Waals surface area (Å²) in [5.41, 5.74) is 2.56. The quantitative estimate of drug-likeness (QED) is 0.589. The normalized spacial score (nSPS) is 16.1. The summed E-state index contributed by atoms with van der Waals surface area (Å²) in [6, 6.07) is 9.83. The van der Waals surface area contributed by atoms with Gasteiger partial charge < -0.3 is 0 Å². The molecule has 7 nitrogen and oxygen atoms in total. The molecule has 4 aromatic rings. The Balaban J connectivity index is 1.52. The average Bonchev–Trinajstić information content (AvgIpc) is 3.48. The van der Waals surface area contributed by atoms with Crippen molar-refractivity contribution in [2.24, 2.45) is 0 Å². The summed E-state index contributed by atoms with van der Waals surface area (Å²) in [7, 11) is -0.993. The molecule has 1 aliphatic rings. The lowest BCUT2D eigenvalue weighted by atomic mass is 10.2. The van der Waals surface area contributed by atoms with E-state index < -0.39 is 10.8 Å². The maximum Gasteiger partial charge on any atom is 0.162 e. The first kappa shape index (κ1) is 16.3. The van der Waals surface area contributed by atoms with Gasteiger partial charge in [-0.05, 0) is 31.0 Å². The van der Waals surface area contributed by atoms with Crippen LogP contribution in [-0.4, -0.2) is 39.4 Å². The third-order valence-corrected chi connectivity index (χ3v) is 6.76. The monoisotopic (exact) mass is 378 g/mol. The molecule has 1 atom stereocenters. The Labute approximate surface area is 158 Å². The summed E-state index contributed by atoms with van der Waals surface area (Å²) in [5, 5.41) is 12.4. The minimum Gasteiger partial charge on any atom is -0.259 e. The van der Waals surface area contributed by atoms with Gasteiger partial charge in [-0.25, -0.2) is 14.6 Å². The Morgan fingerprint density at radius 1 is 1.11 bits per heavy atom. The predicted octanol–water partition coefficient (Wildman–Crippen LogP) is 3.26. The molecule has 0 spiro atoms. The molecule has 0 amide bonds. The van der Waals surface area contributed by atoms with Crippen molar-refractivity contribution < 1.29 is 4.21 Å². The molecule has 8 heteroatoms. The van der Waals surface area contributed by atoms with Crippen molar-refractivity contribution in [2.45, 2.75) is 35.8 Å². The van der Waals surface area contributed by atoms with E-state index in [1.165, 1.54) is 19.2 Å². The Hall–Kier alpha value is -2.87. The Kier molecular flexibility index (Phi) is 4.05. The number of aromatic amines is 1. The van der Waals surface area contributed by atoms with Crippen LogP contribution in [-0.2, 0) is 10.8 Å². The van der Waals surface area contributed by atoms with E-state index in [1.54, 1.807) is 17.1 Å². The van der Waals surface area contributed by atoms with Crippen LogP contribution in [0.2, 0.25) is 0 Å². The lowest BCUT2D eigenvalue weighted by molar-refractivity contribution is 0.669. The minimum absolute atomic E-state index is 0.262. The van der Waals surface area contributed by atoms with Crippen LogP contribution in [0.25, 0.3) is 28.1 Å². The number of hydrogen-bond acceptors (Lipinski definition) is 5. The number of hydrogen-bond donors (Lipinski definition) is 1. The highest BCUT2D eigenvalue weighted by Crippen LogP contribution is 2.28. The number of nitrogens with zero attached hydrogens (tertiary/aromatic N) is 5. The van der Waals surface area contributed by atoms with Crippen molar-refractivity contribution >= 4 is 21.8 Å². The summed E-state index contributed by atoms with van der Waals surface area (Å²) in [4.78, 5) is 9.56. The lowest BCUT2D eigenvalue weighted by Crippen LogP contribution is -2.10. The highest BCUT2D eigenvalue weighted by molar-refractivity contribution is 7.85. The highest BCUT2D eigenvalue weighted by Gasteiger charge is 2.23. The van der Waals surface area contributed by atoms with E-state index in [0.29, 0.717) is 5.82 Å². The van der Waals surface area contributed by atoms with Gasteiger partial charge in [-0.3, -0.25) is 9.31 Å². The van der Waals surface area contributed by atoms with Crippen molar-refractivity contribution in [3.63, 3.8) is 0 Å². The van der Waals surface area contributed by atoms with E-state index in [2.05, 4.69) is 25.3 Å². The number of pyridine rings is 1. The molecule has 1 aliphatic carbocycles. The molecule has 0 saturated heterocycles. The average molecular weight is 378 g/mol. The molecule has 0 aliphatic heterocycles. The molecule has 1 fully saturated rings. The molecule has 0 radical (unpaired) electrons. The van der Waals surface area contributed by atoms with E-state index in [1.807, 2.05) is 30.3 Å². The van der Waals surface area contributed by atoms with Crippen molar-refractivity contribution in [2.75, 3.05) is 0 Å². The third kappa shape index (κ3) is 2.95. The summed E-state index contributed by atoms with van der Waals surface area (Å²) in [6.45, 7) is 0. The molecule has 0 bridgehead atoms. The first-order valence-electron chi connectivity index (χ1n) is 9.00. The van der Waals surface area contributed by atoms with Gasteiger partial charge in [0, 0.05) is 22.4 Å². The predicted molar refractivity (Wildman–Crippen MR) is 103 cm³/mol. The van der Waals surface area contributed by atoms with Crippen molar-refractivity contribution in [3.8, 4) is 17.1 Å². The van der Waals surface area contributed by atoms with Crippen molar-refractivity contribution in [3.05, 3.63) is 49.1 Å². The van der Waals surface area contributed by atoms with Crippen molar-refractivity contribution in [1.29, 1.82) is 0 Å². The van der Waals surface area contributed by atoms with Gasteiger partial charge in [0.2, 0.25) is 0 Å². The van der Waals surface area contributed by atoms with Crippen molar-refractivity contribution in [1.82, 2.24) is 29.9 Å². The van der Waals surface area contributed by atoms with E-state index in [-0.39, 0.29) is 5.25 Å². The first-order valence-corrected chi connectivity index (χ1v) is 10.2. The van der Waals surface area contributed by atoms with Crippen LogP contribution in [0.1, 0.15) is 25.7 Å². The van der Waals surface area contributed by atoms with Crippen LogP contribution in [0.5, 0.6) is 0 Å². The molecule has 1 saturated carbocycles. The second-order valence-electron chi connectivity index (χ2n) is 6.73. The van der Waals surface area contributed by atoms with Crippen LogP contribution >= 0.6 is 0 Å². The number of rotatable bonds is 4. The van der Waals surface area contributed by atoms with Crippen LogP contribution in [0.15, 0.2) is 53.9 Å². The maximum atomic E-state index is 12.8. The molecule has 136 valence electrons. The summed E-state index contributed by atoms with van der Waals surface area (Å²) >= 11 is 0. The second kappa shape index (κ2) is 6.70. The smallest absolute Gasteiger partial charge is 0.162 e. The van der Waals surface area contributed by atoms with E-state index in [9.17, 15) is 4.21 Å². The third-order valence-electron chi connectivity index (χ3n) is 5.00. The topological polar surface area (TPSA) is 89.3 Å². The number of H-pyrrole nitrogens is 1. The highest BCUT2D eigenvalue weighted by atomic mass is 32.2. The molecular weight excluding hydrogens is 360 g/mol. The van der Waals surface area contributed by atoms with Crippen LogP contribution < -0.4 is 0 Å². The zero-order valence-corrected chi connectivity index (χ0v) is 15.4. The summed E-state index contributed by atoms with van der Waals surface area (Å²) < 4.78 is 14.6. The van der Waals surface area contributed by atoms with Gasteiger partial charge in [0.25, 0.3) is 0 Å². The van der Waals surface area contributed by atoms with E-state index in [0.717, 1.165) is 40.0 Å². The Morgan fingerprint density at radius 2 is 2.00 bits per heavy atom. The zero-order valence-electron chi connectivity index (χ0n) is 14.6. The first-order chi connectivity index (χ1) is 13.3. The molecular formula is C19H18N6OS. The molecule has 3 heterocycles. The number of aromatic nitrogens is 6.